The maximum Gasteiger partial charge on any atom is 0.285 e. The molecule has 8 nitrogen and oxygen atoms in total. The van der Waals surface area contributed by atoms with Gasteiger partial charge >= 0.3 is 0 Å². The maximum absolute atomic E-state index is 12.0. The Kier molecular flexibility index (Phi) is 4.04. The van der Waals surface area contributed by atoms with Crippen molar-refractivity contribution in [2.24, 2.45) is 0 Å². The number of rotatable bonds is 5. The zero-order valence-electron chi connectivity index (χ0n) is 10.8. The van der Waals surface area contributed by atoms with Crippen LogP contribution in [0.4, 0.5) is 5.69 Å². The van der Waals surface area contributed by atoms with Crippen LogP contribution in [0.1, 0.15) is 21.7 Å². The first-order valence-corrected chi connectivity index (χ1v) is 5.96. The Labute approximate surface area is 114 Å². The Morgan fingerprint density at radius 3 is 2.95 bits per heavy atom. The van der Waals surface area contributed by atoms with Crippen molar-refractivity contribution < 1.29 is 9.72 Å². The molecule has 0 saturated heterocycles. The number of para-hydroxylation sites is 1. The molecule has 1 heterocycles. The van der Waals surface area contributed by atoms with Crippen molar-refractivity contribution in [1.82, 2.24) is 20.5 Å². The summed E-state index contributed by atoms with van der Waals surface area (Å²) >= 11 is 0. The van der Waals surface area contributed by atoms with Crippen molar-refractivity contribution >= 4 is 11.6 Å². The fraction of sp³-hybridized carbons (Fsp3) is 0.250. The number of amides is 1. The summed E-state index contributed by atoms with van der Waals surface area (Å²) in [5, 5.41) is 20.0. The molecule has 0 fully saturated rings. The fourth-order valence-corrected chi connectivity index (χ4v) is 1.83. The normalized spacial score (nSPS) is 10.2. The Morgan fingerprint density at radius 2 is 2.30 bits per heavy atom. The van der Waals surface area contributed by atoms with Crippen LogP contribution in [0.15, 0.2) is 24.5 Å². The van der Waals surface area contributed by atoms with Gasteiger partial charge < -0.3 is 5.32 Å². The second-order valence-corrected chi connectivity index (χ2v) is 4.17. The van der Waals surface area contributed by atoms with Crippen molar-refractivity contribution in [3.63, 3.8) is 0 Å². The van der Waals surface area contributed by atoms with Crippen molar-refractivity contribution in [3.8, 4) is 0 Å². The van der Waals surface area contributed by atoms with Gasteiger partial charge in [-0.15, -0.1) is 0 Å². The van der Waals surface area contributed by atoms with Gasteiger partial charge in [0.25, 0.3) is 11.6 Å². The molecule has 0 atom stereocenters. The molecule has 0 radical (unpaired) electrons. The third-order valence-corrected chi connectivity index (χ3v) is 2.78. The van der Waals surface area contributed by atoms with E-state index in [4.69, 9.17) is 0 Å². The molecule has 104 valence electrons. The first kappa shape index (κ1) is 13.7. The largest absolute Gasteiger partial charge is 0.351 e. The highest BCUT2D eigenvalue weighted by Gasteiger charge is 2.21. The van der Waals surface area contributed by atoms with Gasteiger partial charge in [0.2, 0.25) is 0 Å². The van der Waals surface area contributed by atoms with E-state index < -0.39 is 10.8 Å². The molecule has 0 spiro atoms. The number of H-pyrrole nitrogens is 1. The molecule has 0 aliphatic rings. The van der Waals surface area contributed by atoms with Crippen molar-refractivity contribution in [1.29, 1.82) is 0 Å². The third kappa shape index (κ3) is 2.97. The lowest BCUT2D eigenvalue weighted by Gasteiger charge is -2.06. The van der Waals surface area contributed by atoms with E-state index >= 15 is 0 Å². The van der Waals surface area contributed by atoms with Crippen molar-refractivity contribution in [2.45, 2.75) is 13.3 Å². The molecule has 8 heteroatoms. The van der Waals surface area contributed by atoms with Crippen molar-refractivity contribution in [2.75, 3.05) is 6.54 Å². The molecular weight excluding hydrogens is 262 g/mol. The second kappa shape index (κ2) is 5.91. The Balaban J connectivity index is 2.06. The van der Waals surface area contributed by atoms with E-state index in [-0.39, 0.29) is 11.3 Å². The Morgan fingerprint density at radius 1 is 1.50 bits per heavy atom. The number of nitro benzene ring substituents is 1. The van der Waals surface area contributed by atoms with Gasteiger partial charge in [-0.2, -0.15) is 5.10 Å². The van der Waals surface area contributed by atoms with E-state index in [0.29, 0.717) is 24.4 Å². The quantitative estimate of drug-likeness (QED) is 0.624. The van der Waals surface area contributed by atoms with Crippen LogP contribution < -0.4 is 5.32 Å². The Hall–Kier alpha value is -2.77. The molecular formula is C12H13N5O3. The smallest absolute Gasteiger partial charge is 0.285 e. The predicted octanol–water partition coefficient (Wildman–Crippen LogP) is 0.994. The molecule has 0 saturated carbocycles. The van der Waals surface area contributed by atoms with E-state index in [2.05, 4.69) is 20.5 Å². The fourth-order valence-electron chi connectivity index (χ4n) is 1.83. The second-order valence-electron chi connectivity index (χ2n) is 4.17. The summed E-state index contributed by atoms with van der Waals surface area (Å²) in [5.41, 5.74) is 0.357. The first-order chi connectivity index (χ1) is 9.59. The molecule has 0 aliphatic carbocycles. The van der Waals surface area contributed by atoms with E-state index in [1.807, 2.05) is 0 Å². The first-order valence-electron chi connectivity index (χ1n) is 5.96. The van der Waals surface area contributed by atoms with Gasteiger partial charge in [-0.25, -0.2) is 4.98 Å². The van der Waals surface area contributed by atoms with Gasteiger partial charge in [-0.1, -0.05) is 12.1 Å². The van der Waals surface area contributed by atoms with E-state index in [1.54, 1.807) is 19.1 Å². The van der Waals surface area contributed by atoms with Gasteiger partial charge in [0.1, 0.15) is 17.7 Å². The summed E-state index contributed by atoms with van der Waals surface area (Å²) in [6, 6.07) is 4.66. The lowest BCUT2D eigenvalue weighted by molar-refractivity contribution is -0.385. The minimum atomic E-state index is -0.541. The number of aromatic amines is 1. The summed E-state index contributed by atoms with van der Waals surface area (Å²) in [7, 11) is 0. The lowest BCUT2D eigenvalue weighted by atomic mass is 10.1. The van der Waals surface area contributed by atoms with Gasteiger partial charge in [0.05, 0.1) is 4.92 Å². The van der Waals surface area contributed by atoms with Gasteiger partial charge in [-0.3, -0.25) is 20.0 Å². The number of hydrogen-bond donors (Lipinski definition) is 2. The molecule has 20 heavy (non-hydrogen) atoms. The highest BCUT2D eigenvalue weighted by atomic mass is 16.6. The minimum absolute atomic E-state index is 0.0626. The molecule has 0 unspecified atom stereocenters. The highest BCUT2D eigenvalue weighted by Crippen LogP contribution is 2.22. The minimum Gasteiger partial charge on any atom is -0.351 e. The van der Waals surface area contributed by atoms with Crippen LogP contribution in [0.5, 0.6) is 0 Å². The molecule has 0 bridgehead atoms. The molecule has 2 N–H and O–H groups in total. The van der Waals surface area contributed by atoms with E-state index in [0.717, 1.165) is 0 Å². The molecule has 0 aliphatic heterocycles. The zero-order valence-corrected chi connectivity index (χ0v) is 10.8. The van der Waals surface area contributed by atoms with Crippen LogP contribution in [-0.4, -0.2) is 32.6 Å². The summed E-state index contributed by atoms with van der Waals surface area (Å²) in [6.45, 7) is 1.92. The molecule has 2 rings (SSSR count). The number of nitro groups is 1. The maximum atomic E-state index is 12.0. The predicted molar refractivity (Wildman–Crippen MR) is 70.3 cm³/mol. The van der Waals surface area contributed by atoms with E-state index in [1.165, 1.54) is 12.4 Å². The van der Waals surface area contributed by atoms with E-state index in [9.17, 15) is 14.9 Å². The lowest BCUT2D eigenvalue weighted by Crippen LogP contribution is -2.26. The van der Waals surface area contributed by atoms with Gasteiger partial charge in [-0.05, 0) is 13.0 Å². The Bertz CT molecular complexity index is 624. The average Bonchev–Trinajstić information content (AvgIpc) is 2.91. The molecule has 1 aromatic carbocycles. The monoisotopic (exact) mass is 275 g/mol. The molecule has 1 amide bonds. The number of nitrogens with one attached hydrogen (secondary N) is 2. The summed E-state index contributed by atoms with van der Waals surface area (Å²) in [5.74, 6) is 0.170. The van der Waals surface area contributed by atoms with Crippen molar-refractivity contribution in [3.05, 3.63) is 51.6 Å². The number of aryl methyl sites for hydroxylation is 1. The van der Waals surface area contributed by atoms with Crippen LogP contribution in [0.25, 0.3) is 0 Å². The number of hydrogen-bond acceptors (Lipinski definition) is 5. The van der Waals surface area contributed by atoms with Crippen LogP contribution in [0.3, 0.4) is 0 Å². The zero-order chi connectivity index (χ0) is 14.5. The summed E-state index contributed by atoms with van der Waals surface area (Å²) < 4.78 is 0. The third-order valence-electron chi connectivity index (χ3n) is 2.78. The summed E-state index contributed by atoms with van der Waals surface area (Å²) in [6.07, 6.45) is 1.86. The van der Waals surface area contributed by atoms with Crippen LogP contribution in [-0.2, 0) is 6.42 Å². The van der Waals surface area contributed by atoms with Crippen LogP contribution >= 0.6 is 0 Å². The number of carbonyl (C=O) groups is 1. The number of aromatic nitrogens is 3. The van der Waals surface area contributed by atoms with Crippen LogP contribution in [0.2, 0.25) is 0 Å². The standard InChI is InChI=1S/C12H13N5O3/c1-8-3-2-4-9(11(8)17(19)20)12(18)13-6-5-10-14-7-15-16-10/h2-4,7H,5-6H2,1H3,(H,13,18)(H,14,15,16). The number of carbonyl (C=O) groups excluding carboxylic acids is 1. The number of nitrogens with zero attached hydrogens (tertiary/aromatic N) is 3. The topological polar surface area (TPSA) is 114 Å². The van der Waals surface area contributed by atoms with Gasteiger partial charge in [0, 0.05) is 18.5 Å². The highest BCUT2D eigenvalue weighted by molar-refractivity contribution is 5.98. The number of benzene rings is 1. The summed E-state index contributed by atoms with van der Waals surface area (Å²) in [4.78, 5) is 26.4. The molecule has 1 aromatic heterocycles. The molecule has 2 aromatic rings. The SMILES string of the molecule is Cc1cccc(C(=O)NCCc2ncn[nH]2)c1[N+](=O)[O-]. The van der Waals surface area contributed by atoms with Gasteiger partial charge in [0.15, 0.2) is 0 Å². The average molecular weight is 275 g/mol. The van der Waals surface area contributed by atoms with Crippen LogP contribution in [0, 0.1) is 17.0 Å².